The Bertz CT molecular complexity index is 982. The molecule has 0 aliphatic carbocycles. The van der Waals surface area contributed by atoms with Crippen molar-refractivity contribution < 1.29 is 22.7 Å². The molecule has 0 bridgehead atoms. The quantitative estimate of drug-likeness (QED) is 0.708. The van der Waals surface area contributed by atoms with Crippen molar-refractivity contribution in [1.82, 2.24) is 14.1 Å². The van der Waals surface area contributed by atoms with Gasteiger partial charge in [0, 0.05) is 32.2 Å². The van der Waals surface area contributed by atoms with E-state index in [0.29, 0.717) is 36.1 Å². The number of anilines is 1. The van der Waals surface area contributed by atoms with Crippen LogP contribution in [0.15, 0.2) is 17.0 Å². The highest BCUT2D eigenvalue weighted by Gasteiger charge is 2.31. The molecule has 1 aromatic rings. The maximum Gasteiger partial charge on any atom is 0.262 e. The van der Waals surface area contributed by atoms with Crippen molar-refractivity contribution in [1.29, 1.82) is 0 Å². The minimum absolute atomic E-state index is 0.0755. The number of nitrogens with one attached hydrogen (secondary N) is 1. The van der Waals surface area contributed by atoms with E-state index in [4.69, 9.17) is 4.74 Å². The first-order chi connectivity index (χ1) is 15.3. The number of ether oxygens (including phenoxy) is 1. The minimum Gasteiger partial charge on any atom is -0.482 e. The van der Waals surface area contributed by atoms with Gasteiger partial charge in [-0.05, 0) is 57.3 Å². The number of aryl methyl sites for hydroxylation is 1. The molecule has 176 valence electrons. The zero-order valence-electron chi connectivity index (χ0n) is 18.8. The summed E-state index contributed by atoms with van der Waals surface area (Å²) in [6, 6.07) is 3.53. The van der Waals surface area contributed by atoms with Crippen molar-refractivity contribution in [3.8, 4) is 5.75 Å². The number of rotatable bonds is 5. The third-order valence-electron chi connectivity index (χ3n) is 6.68. The number of carbonyl (C=O) groups is 2. The Hall–Kier alpha value is -2.17. The number of hydrogen-bond donors (Lipinski definition) is 1. The standard InChI is InChI=1S/C22H32N4O5S/c1-16-12-18-19(31-15-21(27)23-18)13-20(16)32(29,30)24(2)14-22(28)26-10-6-17(7-11-26)25-8-4-3-5-9-25/h12-13,17H,3-11,14-15H2,1-2H3,(H,23,27). The van der Waals surface area contributed by atoms with E-state index in [1.165, 1.54) is 32.4 Å². The molecule has 0 unspecified atom stereocenters. The fourth-order valence-electron chi connectivity index (χ4n) is 4.80. The molecular weight excluding hydrogens is 432 g/mol. The highest BCUT2D eigenvalue weighted by molar-refractivity contribution is 7.89. The first-order valence-electron chi connectivity index (χ1n) is 11.3. The molecular formula is C22H32N4O5S. The summed E-state index contributed by atoms with van der Waals surface area (Å²) >= 11 is 0. The van der Waals surface area contributed by atoms with E-state index in [-0.39, 0.29) is 29.9 Å². The summed E-state index contributed by atoms with van der Waals surface area (Å²) in [7, 11) is -2.47. The van der Waals surface area contributed by atoms with Crippen molar-refractivity contribution in [3.63, 3.8) is 0 Å². The van der Waals surface area contributed by atoms with Gasteiger partial charge in [0.05, 0.1) is 17.1 Å². The lowest BCUT2D eigenvalue weighted by Gasteiger charge is -2.40. The van der Waals surface area contributed by atoms with Crippen LogP contribution in [0.3, 0.4) is 0 Å². The molecule has 2 fully saturated rings. The number of hydrogen-bond acceptors (Lipinski definition) is 6. The Morgan fingerprint density at radius 1 is 1.16 bits per heavy atom. The molecule has 1 N–H and O–H groups in total. The Balaban J connectivity index is 1.38. The average molecular weight is 465 g/mol. The summed E-state index contributed by atoms with van der Waals surface area (Å²) in [6.45, 7) is 4.93. The van der Waals surface area contributed by atoms with Crippen molar-refractivity contribution in [2.45, 2.75) is 50.0 Å². The predicted octanol–water partition coefficient (Wildman–Crippen LogP) is 1.42. The Morgan fingerprint density at radius 3 is 2.53 bits per heavy atom. The number of amides is 2. The molecule has 3 aliphatic rings. The van der Waals surface area contributed by atoms with Gasteiger partial charge >= 0.3 is 0 Å². The number of nitrogens with zero attached hydrogens (tertiary/aromatic N) is 3. The second-order valence-corrected chi connectivity index (χ2v) is 10.9. The number of likely N-dealkylation sites (N-methyl/N-ethyl adjacent to an activating group) is 1. The number of benzene rings is 1. The van der Waals surface area contributed by atoms with Crippen molar-refractivity contribution in [3.05, 3.63) is 17.7 Å². The molecule has 0 saturated carbocycles. The van der Waals surface area contributed by atoms with Gasteiger partial charge in [-0.1, -0.05) is 6.42 Å². The number of likely N-dealkylation sites (tertiary alicyclic amines) is 2. The highest BCUT2D eigenvalue weighted by Crippen LogP contribution is 2.34. The maximum atomic E-state index is 13.2. The highest BCUT2D eigenvalue weighted by atomic mass is 32.2. The number of sulfonamides is 1. The van der Waals surface area contributed by atoms with Gasteiger partial charge in [-0.3, -0.25) is 9.59 Å². The fourth-order valence-corrected chi connectivity index (χ4v) is 6.14. The van der Waals surface area contributed by atoms with E-state index in [1.54, 1.807) is 17.9 Å². The van der Waals surface area contributed by atoms with E-state index in [2.05, 4.69) is 10.2 Å². The number of fused-ring (bicyclic) bond motifs is 1. The fraction of sp³-hybridized carbons (Fsp3) is 0.636. The molecule has 9 nitrogen and oxygen atoms in total. The molecule has 0 atom stereocenters. The van der Waals surface area contributed by atoms with E-state index < -0.39 is 10.0 Å². The van der Waals surface area contributed by atoms with Crippen LogP contribution in [0.1, 0.15) is 37.7 Å². The molecule has 0 aromatic heterocycles. The molecule has 1 aromatic carbocycles. The molecule has 0 spiro atoms. The smallest absolute Gasteiger partial charge is 0.262 e. The summed E-state index contributed by atoms with van der Waals surface area (Å²) in [4.78, 5) is 28.8. The third-order valence-corrected chi connectivity index (χ3v) is 8.63. The number of carbonyl (C=O) groups excluding carboxylic acids is 2. The largest absolute Gasteiger partial charge is 0.482 e. The van der Waals surface area contributed by atoms with Crippen LogP contribution < -0.4 is 10.1 Å². The summed E-state index contributed by atoms with van der Waals surface area (Å²) in [5, 5.41) is 2.67. The van der Waals surface area contributed by atoms with Crippen LogP contribution in [0.25, 0.3) is 0 Å². The minimum atomic E-state index is -3.89. The van der Waals surface area contributed by atoms with Gasteiger partial charge in [-0.15, -0.1) is 0 Å². The van der Waals surface area contributed by atoms with Crippen molar-refractivity contribution in [2.24, 2.45) is 0 Å². The molecule has 3 aliphatic heterocycles. The second-order valence-electron chi connectivity index (χ2n) is 8.92. The summed E-state index contributed by atoms with van der Waals surface area (Å²) < 4.78 is 32.8. The first-order valence-corrected chi connectivity index (χ1v) is 12.7. The molecule has 2 saturated heterocycles. The number of piperidine rings is 2. The Kier molecular flexibility index (Phi) is 6.73. The van der Waals surface area contributed by atoms with E-state index in [1.807, 2.05) is 0 Å². The van der Waals surface area contributed by atoms with Gasteiger partial charge in [0.1, 0.15) is 5.75 Å². The molecule has 0 radical (unpaired) electrons. The van der Waals surface area contributed by atoms with Crippen LogP contribution in [0, 0.1) is 6.92 Å². The zero-order chi connectivity index (χ0) is 22.9. The Morgan fingerprint density at radius 2 is 1.84 bits per heavy atom. The molecule has 32 heavy (non-hydrogen) atoms. The van der Waals surface area contributed by atoms with E-state index in [0.717, 1.165) is 30.2 Å². The topological polar surface area (TPSA) is 99.3 Å². The zero-order valence-corrected chi connectivity index (χ0v) is 19.6. The maximum absolute atomic E-state index is 13.2. The summed E-state index contributed by atoms with van der Waals surface area (Å²) in [6.07, 6.45) is 5.69. The van der Waals surface area contributed by atoms with E-state index >= 15 is 0 Å². The van der Waals surface area contributed by atoms with Crippen LogP contribution in [0.2, 0.25) is 0 Å². The average Bonchev–Trinajstić information content (AvgIpc) is 2.79. The SMILES string of the molecule is Cc1cc2c(cc1S(=O)(=O)N(C)CC(=O)N1CCC(N3CCCCC3)CC1)OCC(=O)N2. The van der Waals surface area contributed by atoms with Gasteiger partial charge in [-0.25, -0.2) is 8.42 Å². The van der Waals surface area contributed by atoms with Crippen LogP contribution in [0.4, 0.5) is 5.69 Å². The van der Waals surface area contributed by atoms with Gasteiger partial charge in [-0.2, -0.15) is 4.31 Å². The second kappa shape index (κ2) is 9.36. The summed E-state index contributed by atoms with van der Waals surface area (Å²) in [5.41, 5.74) is 0.934. The van der Waals surface area contributed by atoms with Crippen LogP contribution in [0.5, 0.6) is 5.75 Å². The predicted molar refractivity (Wildman–Crippen MR) is 120 cm³/mol. The van der Waals surface area contributed by atoms with Gasteiger partial charge in [0.25, 0.3) is 5.91 Å². The molecule has 3 heterocycles. The monoisotopic (exact) mass is 464 g/mol. The molecule has 10 heteroatoms. The van der Waals surface area contributed by atoms with Gasteiger partial charge in [0.2, 0.25) is 15.9 Å². The molecule has 2 amide bonds. The first kappa shape index (κ1) is 23.0. The van der Waals surface area contributed by atoms with Crippen LogP contribution in [-0.4, -0.2) is 86.8 Å². The normalized spacial score (nSPS) is 20.6. The lowest BCUT2D eigenvalue weighted by Crippen LogP contribution is -2.50. The molecule has 4 rings (SSSR count). The third kappa shape index (κ3) is 4.77. The summed E-state index contributed by atoms with van der Waals surface area (Å²) in [5.74, 6) is -0.139. The Labute approximate surface area is 189 Å². The van der Waals surface area contributed by atoms with Crippen molar-refractivity contribution >= 4 is 27.5 Å². The van der Waals surface area contributed by atoms with Gasteiger partial charge < -0.3 is 19.9 Å². The lowest BCUT2D eigenvalue weighted by molar-refractivity contribution is -0.132. The van der Waals surface area contributed by atoms with E-state index in [9.17, 15) is 18.0 Å². The van der Waals surface area contributed by atoms with Crippen LogP contribution in [-0.2, 0) is 19.6 Å². The van der Waals surface area contributed by atoms with Crippen molar-refractivity contribution in [2.75, 3.05) is 51.7 Å². The van der Waals surface area contributed by atoms with Gasteiger partial charge in [0.15, 0.2) is 6.61 Å². The lowest BCUT2D eigenvalue weighted by atomic mass is 10.00. The van der Waals surface area contributed by atoms with Crippen LogP contribution >= 0.6 is 0 Å².